The van der Waals surface area contributed by atoms with Crippen molar-refractivity contribution in [1.82, 2.24) is 10.2 Å². The van der Waals surface area contributed by atoms with Crippen molar-refractivity contribution >= 4 is 29.1 Å². The van der Waals surface area contributed by atoms with E-state index in [1.807, 2.05) is 6.07 Å². The molecule has 0 saturated heterocycles. The van der Waals surface area contributed by atoms with Crippen LogP contribution in [0.5, 0.6) is 0 Å². The smallest absolute Gasteiger partial charge is 0.337 e. The van der Waals surface area contributed by atoms with Crippen LogP contribution in [0.4, 0.5) is 17.2 Å². The van der Waals surface area contributed by atoms with Gasteiger partial charge in [-0.1, -0.05) is 6.07 Å². The second kappa shape index (κ2) is 8.42. The zero-order valence-electron chi connectivity index (χ0n) is 14.8. The van der Waals surface area contributed by atoms with Gasteiger partial charge in [0.25, 0.3) is 5.91 Å². The summed E-state index contributed by atoms with van der Waals surface area (Å²) >= 11 is 0. The van der Waals surface area contributed by atoms with Crippen LogP contribution in [-0.2, 0) is 4.74 Å². The number of nitrogens with zero attached hydrogens (tertiary/aromatic N) is 3. The number of methoxy groups -OCH3 is 1. The van der Waals surface area contributed by atoms with Gasteiger partial charge in [0.2, 0.25) is 0 Å². The van der Waals surface area contributed by atoms with Crippen molar-refractivity contribution in [3.63, 3.8) is 0 Å². The van der Waals surface area contributed by atoms with Crippen molar-refractivity contribution in [1.29, 1.82) is 5.26 Å². The third-order valence-electron chi connectivity index (χ3n) is 3.73. The van der Waals surface area contributed by atoms with Crippen molar-refractivity contribution in [3.8, 4) is 6.07 Å². The molecule has 1 aromatic heterocycles. The number of hydrogen-bond donors (Lipinski definition) is 2. The Kier molecular flexibility index (Phi) is 5.58. The molecule has 0 spiro atoms. The number of carbonyl (C=O) groups is 2. The van der Waals surface area contributed by atoms with Gasteiger partial charge in [-0.15, -0.1) is 10.2 Å². The summed E-state index contributed by atoms with van der Waals surface area (Å²) in [6.45, 7) is 0. The first-order valence-electron chi connectivity index (χ1n) is 8.19. The second-order valence-electron chi connectivity index (χ2n) is 5.64. The number of rotatable bonds is 5. The van der Waals surface area contributed by atoms with E-state index in [9.17, 15) is 9.59 Å². The standard InChI is InChI=1S/C20H15N5O3/c1-28-20(27)14-5-7-15(8-6-14)22-18-10-9-17(24-25-18)19(26)23-16-4-2-3-13(11-16)12-21/h2-11H,1H3,(H,22,25)(H,23,26). The molecular weight excluding hydrogens is 358 g/mol. The average molecular weight is 373 g/mol. The maximum Gasteiger partial charge on any atom is 0.337 e. The first-order chi connectivity index (χ1) is 13.6. The minimum absolute atomic E-state index is 0.133. The first-order valence-corrected chi connectivity index (χ1v) is 8.19. The number of esters is 1. The lowest BCUT2D eigenvalue weighted by Gasteiger charge is -2.07. The maximum absolute atomic E-state index is 12.3. The number of nitrogens with one attached hydrogen (secondary N) is 2. The molecular formula is C20H15N5O3. The lowest BCUT2D eigenvalue weighted by Crippen LogP contribution is -2.14. The average Bonchev–Trinajstić information content (AvgIpc) is 2.74. The van der Waals surface area contributed by atoms with Crippen LogP contribution in [-0.4, -0.2) is 29.2 Å². The molecule has 0 fully saturated rings. The number of carbonyl (C=O) groups excluding carboxylic acids is 2. The minimum atomic E-state index is -0.434. The van der Waals surface area contributed by atoms with Gasteiger partial charge in [0.15, 0.2) is 11.5 Å². The minimum Gasteiger partial charge on any atom is -0.465 e. The van der Waals surface area contributed by atoms with E-state index in [4.69, 9.17) is 5.26 Å². The lowest BCUT2D eigenvalue weighted by atomic mass is 10.2. The zero-order chi connectivity index (χ0) is 19.9. The van der Waals surface area contributed by atoms with Gasteiger partial charge in [-0.3, -0.25) is 4.79 Å². The monoisotopic (exact) mass is 373 g/mol. The van der Waals surface area contributed by atoms with Crippen LogP contribution in [0.15, 0.2) is 60.7 Å². The van der Waals surface area contributed by atoms with Crippen LogP contribution in [0.3, 0.4) is 0 Å². The largest absolute Gasteiger partial charge is 0.465 e. The fourth-order valence-electron chi connectivity index (χ4n) is 2.34. The van der Waals surface area contributed by atoms with Gasteiger partial charge in [-0.2, -0.15) is 5.26 Å². The van der Waals surface area contributed by atoms with Gasteiger partial charge in [0.1, 0.15) is 0 Å². The van der Waals surface area contributed by atoms with Gasteiger partial charge < -0.3 is 15.4 Å². The molecule has 8 heteroatoms. The summed E-state index contributed by atoms with van der Waals surface area (Å²) in [6.07, 6.45) is 0. The van der Waals surface area contributed by atoms with Crippen molar-refractivity contribution in [2.75, 3.05) is 17.7 Å². The van der Waals surface area contributed by atoms with Crippen LogP contribution in [0.1, 0.15) is 26.4 Å². The second-order valence-corrected chi connectivity index (χ2v) is 5.64. The van der Waals surface area contributed by atoms with Crippen LogP contribution >= 0.6 is 0 Å². The third-order valence-corrected chi connectivity index (χ3v) is 3.73. The fourth-order valence-corrected chi connectivity index (χ4v) is 2.34. The van der Waals surface area contributed by atoms with E-state index >= 15 is 0 Å². The fraction of sp³-hybridized carbons (Fsp3) is 0.0500. The highest BCUT2D eigenvalue weighted by Gasteiger charge is 2.10. The van der Waals surface area contributed by atoms with Crippen molar-refractivity contribution in [2.45, 2.75) is 0 Å². The van der Waals surface area contributed by atoms with Gasteiger partial charge in [-0.05, 0) is 54.6 Å². The Balaban J connectivity index is 1.65. The molecule has 1 amide bonds. The van der Waals surface area contributed by atoms with Gasteiger partial charge >= 0.3 is 5.97 Å². The highest BCUT2D eigenvalue weighted by molar-refractivity contribution is 6.02. The Morgan fingerprint density at radius 2 is 1.79 bits per heavy atom. The first kappa shape index (κ1) is 18.5. The van der Waals surface area contributed by atoms with E-state index in [2.05, 4.69) is 25.6 Å². The normalized spacial score (nSPS) is 9.86. The van der Waals surface area contributed by atoms with E-state index in [-0.39, 0.29) is 5.69 Å². The highest BCUT2D eigenvalue weighted by Crippen LogP contribution is 2.16. The number of benzene rings is 2. The van der Waals surface area contributed by atoms with Crippen molar-refractivity contribution in [3.05, 3.63) is 77.5 Å². The topological polar surface area (TPSA) is 117 Å². The lowest BCUT2D eigenvalue weighted by molar-refractivity contribution is 0.0600. The number of aromatic nitrogens is 2. The van der Waals surface area contributed by atoms with Crippen molar-refractivity contribution in [2.24, 2.45) is 0 Å². The molecule has 0 saturated carbocycles. The Morgan fingerprint density at radius 3 is 2.43 bits per heavy atom. The quantitative estimate of drug-likeness (QED) is 0.660. The molecule has 1 heterocycles. The predicted molar refractivity (Wildman–Crippen MR) is 102 cm³/mol. The van der Waals surface area contributed by atoms with E-state index < -0.39 is 11.9 Å². The van der Waals surface area contributed by atoms with Gasteiger partial charge in [0, 0.05) is 11.4 Å². The van der Waals surface area contributed by atoms with E-state index in [0.717, 1.165) is 0 Å². The summed E-state index contributed by atoms with van der Waals surface area (Å²) < 4.78 is 4.65. The number of ether oxygens (including phenoxy) is 1. The molecule has 0 radical (unpaired) electrons. The Morgan fingerprint density at radius 1 is 1.00 bits per heavy atom. The third kappa shape index (κ3) is 4.47. The molecule has 3 rings (SSSR count). The van der Waals surface area contributed by atoms with E-state index in [1.54, 1.807) is 54.6 Å². The summed E-state index contributed by atoms with van der Waals surface area (Å²) in [7, 11) is 1.32. The Hall–Kier alpha value is -4.25. The maximum atomic E-state index is 12.3. The molecule has 138 valence electrons. The summed E-state index contributed by atoms with van der Waals surface area (Å²) in [5, 5.41) is 22.5. The summed E-state index contributed by atoms with van der Waals surface area (Å²) in [5.74, 6) is -0.410. The van der Waals surface area contributed by atoms with Crippen LogP contribution in [0.25, 0.3) is 0 Å². The molecule has 0 aliphatic carbocycles. The van der Waals surface area contributed by atoms with Crippen molar-refractivity contribution < 1.29 is 14.3 Å². The van der Waals surface area contributed by atoms with Crippen LogP contribution < -0.4 is 10.6 Å². The highest BCUT2D eigenvalue weighted by atomic mass is 16.5. The number of nitriles is 1. The molecule has 0 aliphatic heterocycles. The molecule has 28 heavy (non-hydrogen) atoms. The molecule has 2 aromatic carbocycles. The zero-order valence-corrected chi connectivity index (χ0v) is 14.8. The molecule has 2 N–H and O–H groups in total. The molecule has 0 unspecified atom stereocenters. The summed E-state index contributed by atoms with van der Waals surface area (Å²) in [4.78, 5) is 23.7. The SMILES string of the molecule is COC(=O)c1ccc(Nc2ccc(C(=O)Nc3cccc(C#N)c3)nn2)cc1. The van der Waals surface area contributed by atoms with E-state index in [1.165, 1.54) is 13.2 Å². The number of anilines is 3. The summed E-state index contributed by atoms with van der Waals surface area (Å²) in [6, 6.07) is 18.4. The Bertz CT molecular complexity index is 1040. The van der Waals surface area contributed by atoms with Crippen LogP contribution in [0, 0.1) is 11.3 Å². The molecule has 0 atom stereocenters. The molecule has 0 bridgehead atoms. The van der Waals surface area contributed by atoms with Gasteiger partial charge in [0.05, 0.1) is 24.3 Å². The Labute approximate surface area is 160 Å². The number of amides is 1. The molecule has 8 nitrogen and oxygen atoms in total. The molecule has 3 aromatic rings. The predicted octanol–water partition coefficient (Wildman–Crippen LogP) is 3.13. The molecule has 0 aliphatic rings. The number of hydrogen-bond acceptors (Lipinski definition) is 7. The van der Waals surface area contributed by atoms with Crippen LogP contribution in [0.2, 0.25) is 0 Å². The van der Waals surface area contributed by atoms with E-state index in [0.29, 0.717) is 28.3 Å². The summed E-state index contributed by atoms with van der Waals surface area (Å²) in [5.41, 5.74) is 2.22. The van der Waals surface area contributed by atoms with Gasteiger partial charge in [-0.25, -0.2) is 4.79 Å².